The maximum absolute atomic E-state index is 11.6. The molecule has 0 spiro atoms. The normalized spacial score (nSPS) is 10.7. The lowest BCUT2D eigenvalue weighted by molar-refractivity contribution is 0.0526. The van der Waals surface area contributed by atoms with Gasteiger partial charge in [-0.2, -0.15) is 0 Å². The Kier molecular flexibility index (Phi) is 6.90. The molecule has 0 aliphatic heterocycles. The van der Waals surface area contributed by atoms with E-state index in [1.807, 2.05) is 0 Å². The Balaban J connectivity index is 2.78. The fourth-order valence-corrected chi connectivity index (χ4v) is 2.03. The van der Waals surface area contributed by atoms with Gasteiger partial charge in [0, 0.05) is 30.0 Å². The Morgan fingerprint density at radius 2 is 1.95 bits per heavy atom. The van der Waals surface area contributed by atoms with Gasteiger partial charge in [0.15, 0.2) is 0 Å². The van der Waals surface area contributed by atoms with Crippen molar-refractivity contribution in [2.45, 2.75) is 46.7 Å². The van der Waals surface area contributed by atoms with Crippen LogP contribution >= 0.6 is 0 Å². The zero-order chi connectivity index (χ0) is 15.8. The van der Waals surface area contributed by atoms with Crippen LogP contribution in [0, 0.1) is 11.8 Å². The molecule has 114 valence electrons. The smallest absolute Gasteiger partial charge is 0.339 e. The average Bonchev–Trinajstić information content (AvgIpc) is 2.43. The van der Waals surface area contributed by atoms with E-state index < -0.39 is 0 Å². The first-order chi connectivity index (χ1) is 9.95. The van der Waals surface area contributed by atoms with Crippen molar-refractivity contribution in [3.8, 4) is 11.8 Å². The van der Waals surface area contributed by atoms with Crippen LogP contribution in [0.25, 0.3) is 0 Å². The minimum Gasteiger partial charge on any atom is -0.462 e. The first kappa shape index (κ1) is 17.2. The molecule has 4 nitrogen and oxygen atoms in total. The molecule has 4 heteroatoms. The van der Waals surface area contributed by atoms with Gasteiger partial charge in [0.05, 0.1) is 18.7 Å². The number of aromatic nitrogens is 1. The van der Waals surface area contributed by atoms with Crippen molar-refractivity contribution in [1.29, 1.82) is 0 Å². The third-order valence-electron chi connectivity index (χ3n) is 3.07. The lowest BCUT2D eigenvalue weighted by Crippen LogP contribution is -2.37. The van der Waals surface area contributed by atoms with Crippen LogP contribution in [0.2, 0.25) is 0 Å². The SMILES string of the molecule is CCOC(=O)c1cncc(C#CCN(C(C)C)C(C)C)c1. The highest BCUT2D eigenvalue weighted by atomic mass is 16.5. The van der Waals surface area contributed by atoms with E-state index in [1.165, 1.54) is 6.20 Å². The first-order valence-corrected chi connectivity index (χ1v) is 7.32. The second-order valence-corrected chi connectivity index (χ2v) is 5.34. The predicted molar refractivity (Wildman–Crippen MR) is 84.0 cm³/mol. The van der Waals surface area contributed by atoms with Crippen LogP contribution in [0.3, 0.4) is 0 Å². The Labute approximate surface area is 127 Å². The number of carbonyl (C=O) groups is 1. The molecule has 0 radical (unpaired) electrons. The lowest BCUT2D eigenvalue weighted by atomic mass is 10.2. The van der Waals surface area contributed by atoms with Gasteiger partial charge in [-0.25, -0.2) is 4.79 Å². The third kappa shape index (κ3) is 5.57. The molecule has 0 unspecified atom stereocenters. The van der Waals surface area contributed by atoms with Crippen molar-refractivity contribution in [1.82, 2.24) is 9.88 Å². The van der Waals surface area contributed by atoms with Gasteiger partial charge in [-0.05, 0) is 40.7 Å². The van der Waals surface area contributed by atoms with Gasteiger partial charge in [0.25, 0.3) is 0 Å². The van der Waals surface area contributed by atoms with E-state index >= 15 is 0 Å². The van der Waals surface area contributed by atoms with E-state index in [0.29, 0.717) is 30.8 Å². The Morgan fingerprint density at radius 3 is 2.52 bits per heavy atom. The van der Waals surface area contributed by atoms with E-state index in [9.17, 15) is 4.79 Å². The van der Waals surface area contributed by atoms with Crippen LogP contribution < -0.4 is 0 Å². The largest absolute Gasteiger partial charge is 0.462 e. The number of hydrogen-bond donors (Lipinski definition) is 0. The van der Waals surface area contributed by atoms with Crippen molar-refractivity contribution in [3.63, 3.8) is 0 Å². The van der Waals surface area contributed by atoms with Crippen LogP contribution in [0.15, 0.2) is 18.5 Å². The predicted octanol–water partition coefficient (Wildman–Crippen LogP) is 2.73. The number of ether oxygens (including phenoxy) is 1. The van der Waals surface area contributed by atoms with Gasteiger partial charge >= 0.3 is 5.97 Å². The molecular weight excluding hydrogens is 264 g/mol. The maximum Gasteiger partial charge on any atom is 0.339 e. The van der Waals surface area contributed by atoms with Crippen LogP contribution in [0.4, 0.5) is 0 Å². The summed E-state index contributed by atoms with van der Waals surface area (Å²) < 4.78 is 4.95. The van der Waals surface area contributed by atoms with E-state index in [4.69, 9.17) is 4.74 Å². The van der Waals surface area contributed by atoms with Gasteiger partial charge in [0.1, 0.15) is 0 Å². The molecule has 1 aromatic rings. The summed E-state index contributed by atoms with van der Waals surface area (Å²) in [5, 5.41) is 0. The van der Waals surface area contributed by atoms with Crippen LogP contribution in [-0.4, -0.2) is 41.1 Å². The van der Waals surface area contributed by atoms with Crippen molar-refractivity contribution in [2.75, 3.05) is 13.2 Å². The number of carbonyl (C=O) groups excluding carboxylic acids is 1. The van der Waals surface area contributed by atoms with Crippen LogP contribution in [0.1, 0.15) is 50.5 Å². The summed E-state index contributed by atoms with van der Waals surface area (Å²) in [7, 11) is 0. The molecule has 0 saturated carbocycles. The number of pyridine rings is 1. The molecule has 0 amide bonds. The fourth-order valence-electron chi connectivity index (χ4n) is 2.03. The Bertz CT molecular complexity index is 519. The van der Waals surface area contributed by atoms with E-state index in [-0.39, 0.29) is 5.97 Å². The molecule has 0 aromatic carbocycles. The topological polar surface area (TPSA) is 42.4 Å². The van der Waals surface area contributed by atoms with E-state index in [2.05, 4.69) is 49.4 Å². The molecule has 21 heavy (non-hydrogen) atoms. The molecule has 0 fully saturated rings. The summed E-state index contributed by atoms with van der Waals surface area (Å²) in [4.78, 5) is 18.0. The summed E-state index contributed by atoms with van der Waals surface area (Å²) in [5.74, 6) is 5.85. The molecular formula is C17H24N2O2. The van der Waals surface area contributed by atoms with E-state index in [1.54, 1.807) is 19.2 Å². The summed E-state index contributed by atoms with van der Waals surface area (Å²) in [6, 6.07) is 2.61. The fraction of sp³-hybridized carbons (Fsp3) is 0.529. The summed E-state index contributed by atoms with van der Waals surface area (Å²) in [5.41, 5.74) is 1.17. The summed E-state index contributed by atoms with van der Waals surface area (Å²) in [6.07, 6.45) is 3.16. The van der Waals surface area contributed by atoms with Crippen LogP contribution in [-0.2, 0) is 4.74 Å². The van der Waals surface area contributed by atoms with Crippen molar-refractivity contribution in [2.24, 2.45) is 0 Å². The zero-order valence-corrected chi connectivity index (χ0v) is 13.5. The third-order valence-corrected chi connectivity index (χ3v) is 3.07. The number of nitrogens with zero attached hydrogens (tertiary/aromatic N) is 2. The Hall–Kier alpha value is -1.86. The van der Waals surface area contributed by atoms with Gasteiger partial charge in [-0.15, -0.1) is 0 Å². The monoisotopic (exact) mass is 288 g/mol. The highest BCUT2D eigenvalue weighted by Gasteiger charge is 2.11. The van der Waals surface area contributed by atoms with Gasteiger partial charge in [0.2, 0.25) is 0 Å². The quantitative estimate of drug-likeness (QED) is 0.617. The molecule has 0 bridgehead atoms. The highest BCUT2D eigenvalue weighted by molar-refractivity contribution is 5.89. The molecule has 1 aromatic heterocycles. The highest BCUT2D eigenvalue weighted by Crippen LogP contribution is 2.05. The molecule has 0 N–H and O–H groups in total. The minimum atomic E-state index is -0.361. The lowest BCUT2D eigenvalue weighted by Gasteiger charge is -2.28. The first-order valence-electron chi connectivity index (χ1n) is 7.32. The molecule has 1 heterocycles. The standard InChI is InChI=1S/C17H24N2O2/c1-6-21-17(20)16-10-15(11-18-12-16)8-7-9-19(13(2)3)14(4)5/h10-14H,6,9H2,1-5H3. The maximum atomic E-state index is 11.6. The molecule has 0 saturated heterocycles. The molecule has 0 aliphatic carbocycles. The Morgan fingerprint density at radius 1 is 1.29 bits per heavy atom. The average molecular weight is 288 g/mol. The van der Waals surface area contributed by atoms with Crippen molar-refractivity contribution < 1.29 is 9.53 Å². The zero-order valence-electron chi connectivity index (χ0n) is 13.5. The van der Waals surface area contributed by atoms with Crippen LogP contribution in [0.5, 0.6) is 0 Å². The van der Waals surface area contributed by atoms with E-state index in [0.717, 1.165) is 5.56 Å². The molecule has 1 rings (SSSR count). The number of rotatable bonds is 5. The second-order valence-electron chi connectivity index (χ2n) is 5.34. The molecule has 0 aliphatic rings. The summed E-state index contributed by atoms with van der Waals surface area (Å²) >= 11 is 0. The minimum absolute atomic E-state index is 0.354. The van der Waals surface area contributed by atoms with Crippen molar-refractivity contribution in [3.05, 3.63) is 29.6 Å². The number of hydrogen-bond acceptors (Lipinski definition) is 4. The van der Waals surface area contributed by atoms with Gasteiger partial charge in [-0.1, -0.05) is 11.8 Å². The second kappa shape index (κ2) is 8.43. The summed E-state index contributed by atoms with van der Waals surface area (Å²) in [6.45, 7) is 11.5. The van der Waals surface area contributed by atoms with Gasteiger partial charge in [-0.3, -0.25) is 9.88 Å². The van der Waals surface area contributed by atoms with Gasteiger partial charge < -0.3 is 4.74 Å². The number of esters is 1. The molecule has 0 atom stereocenters. The van der Waals surface area contributed by atoms with Crippen molar-refractivity contribution >= 4 is 5.97 Å².